The Morgan fingerprint density at radius 1 is 0.964 bits per heavy atom. The fraction of sp³-hybridized carbons (Fsp3) is 0.476. The van der Waals surface area contributed by atoms with Gasteiger partial charge in [-0.2, -0.15) is 0 Å². The van der Waals surface area contributed by atoms with Crippen molar-refractivity contribution in [3.63, 3.8) is 0 Å². The first-order chi connectivity index (χ1) is 13.7. The Morgan fingerprint density at radius 3 is 2.36 bits per heavy atom. The predicted molar refractivity (Wildman–Crippen MR) is 112 cm³/mol. The molecule has 0 saturated carbocycles. The summed E-state index contributed by atoms with van der Waals surface area (Å²) >= 11 is 0. The van der Waals surface area contributed by atoms with E-state index in [4.69, 9.17) is 0 Å². The van der Waals surface area contributed by atoms with Gasteiger partial charge >= 0.3 is 0 Å². The van der Waals surface area contributed by atoms with Crippen LogP contribution < -0.4 is 15.1 Å². The van der Waals surface area contributed by atoms with Gasteiger partial charge in [0.25, 0.3) is 5.91 Å². The first-order valence-corrected chi connectivity index (χ1v) is 10.2. The van der Waals surface area contributed by atoms with E-state index in [0.717, 1.165) is 57.3 Å². The van der Waals surface area contributed by atoms with Crippen LogP contribution in [0.2, 0.25) is 0 Å². The summed E-state index contributed by atoms with van der Waals surface area (Å²) in [7, 11) is 0. The number of piperazine rings is 1. The highest BCUT2D eigenvalue weighted by molar-refractivity contribution is 6.03. The second-order valence-electron chi connectivity index (χ2n) is 7.38. The van der Waals surface area contributed by atoms with E-state index in [1.807, 2.05) is 12.1 Å². The Labute approximate surface area is 166 Å². The van der Waals surface area contributed by atoms with E-state index in [0.29, 0.717) is 5.69 Å². The number of aromatic nitrogens is 2. The Morgan fingerprint density at radius 2 is 1.68 bits per heavy atom. The molecular weight excluding hydrogens is 352 g/mol. The van der Waals surface area contributed by atoms with Gasteiger partial charge in [0.2, 0.25) is 0 Å². The molecule has 3 heterocycles. The van der Waals surface area contributed by atoms with E-state index in [-0.39, 0.29) is 5.91 Å². The molecule has 0 spiro atoms. The lowest BCUT2D eigenvalue weighted by atomic mass is 10.2. The van der Waals surface area contributed by atoms with Crippen molar-refractivity contribution in [2.75, 3.05) is 60.9 Å². The van der Waals surface area contributed by atoms with Crippen LogP contribution in [0.5, 0.6) is 0 Å². The SMILES string of the molecule is CCN1CCN(c2cc(C(=O)Nc3ccc(N4CCCC4)cc3)ncn2)CC1. The molecule has 2 fully saturated rings. The summed E-state index contributed by atoms with van der Waals surface area (Å²) in [5, 5.41) is 2.95. The second-order valence-corrected chi connectivity index (χ2v) is 7.38. The monoisotopic (exact) mass is 380 g/mol. The van der Waals surface area contributed by atoms with Crippen molar-refractivity contribution >= 4 is 23.1 Å². The molecule has 2 saturated heterocycles. The predicted octanol–water partition coefficient (Wildman–Crippen LogP) is 2.47. The van der Waals surface area contributed by atoms with Crippen molar-refractivity contribution < 1.29 is 4.79 Å². The Balaban J connectivity index is 1.39. The van der Waals surface area contributed by atoms with Crippen molar-refractivity contribution in [2.24, 2.45) is 0 Å². The molecule has 4 rings (SSSR count). The molecule has 2 aliphatic heterocycles. The van der Waals surface area contributed by atoms with Gasteiger partial charge in [0.05, 0.1) is 0 Å². The molecule has 1 aromatic heterocycles. The van der Waals surface area contributed by atoms with Crippen molar-refractivity contribution in [3.05, 3.63) is 42.4 Å². The number of amides is 1. The zero-order valence-electron chi connectivity index (χ0n) is 16.5. The van der Waals surface area contributed by atoms with E-state index in [1.165, 1.54) is 24.9 Å². The number of anilines is 3. The second kappa shape index (κ2) is 8.56. The summed E-state index contributed by atoms with van der Waals surface area (Å²) in [6.07, 6.45) is 3.98. The van der Waals surface area contributed by atoms with Gasteiger partial charge in [0.1, 0.15) is 17.8 Å². The maximum Gasteiger partial charge on any atom is 0.274 e. The van der Waals surface area contributed by atoms with Gasteiger partial charge < -0.3 is 20.0 Å². The Hall–Kier alpha value is -2.67. The zero-order valence-corrected chi connectivity index (χ0v) is 16.5. The summed E-state index contributed by atoms with van der Waals surface area (Å²) in [6.45, 7) is 9.36. The lowest BCUT2D eigenvalue weighted by Gasteiger charge is -2.34. The molecule has 7 heteroatoms. The minimum absolute atomic E-state index is 0.204. The van der Waals surface area contributed by atoms with E-state index < -0.39 is 0 Å². The molecule has 1 aromatic carbocycles. The van der Waals surface area contributed by atoms with Gasteiger partial charge in [-0.15, -0.1) is 0 Å². The van der Waals surface area contributed by atoms with Gasteiger partial charge in [-0.3, -0.25) is 4.79 Å². The maximum absolute atomic E-state index is 12.7. The van der Waals surface area contributed by atoms with Crippen LogP contribution in [0.3, 0.4) is 0 Å². The van der Waals surface area contributed by atoms with E-state index in [9.17, 15) is 4.79 Å². The number of nitrogens with zero attached hydrogens (tertiary/aromatic N) is 5. The van der Waals surface area contributed by atoms with Crippen LogP contribution in [0.1, 0.15) is 30.3 Å². The van der Waals surface area contributed by atoms with Crippen LogP contribution in [-0.2, 0) is 0 Å². The third kappa shape index (κ3) is 4.25. The average Bonchev–Trinajstić information content (AvgIpc) is 3.29. The molecule has 2 aliphatic rings. The van der Waals surface area contributed by atoms with Crippen LogP contribution in [0.15, 0.2) is 36.7 Å². The molecule has 148 valence electrons. The Bertz CT molecular complexity index is 795. The van der Waals surface area contributed by atoms with E-state index in [1.54, 1.807) is 6.07 Å². The highest BCUT2D eigenvalue weighted by Gasteiger charge is 2.19. The minimum atomic E-state index is -0.204. The number of benzene rings is 1. The van der Waals surface area contributed by atoms with E-state index >= 15 is 0 Å². The fourth-order valence-electron chi connectivity index (χ4n) is 3.86. The van der Waals surface area contributed by atoms with Crippen LogP contribution in [-0.4, -0.2) is 66.6 Å². The highest BCUT2D eigenvalue weighted by Crippen LogP contribution is 2.22. The largest absolute Gasteiger partial charge is 0.372 e. The molecule has 0 bridgehead atoms. The van der Waals surface area contributed by atoms with Gasteiger partial charge in [-0.25, -0.2) is 9.97 Å². The van der Waals surface area contributed by atoms with Gasteiger partial charge in [-0.05, 0) is 43.7 Å². The van der Waals surface area contributed by atoms with Gasteiger partial charge in [-0.1, -0.05) is 6.92 Å². The molecule has 2 aromatic rings. The third-order valence-corrected chi connectivity index (χ3v) is 5.63. The van der Waals surface area contributed by atoms with E-state index in [2.05, 4.69) is 49.0 Å². The minimum Gasteiger partial charge on any atom is -0.372 e. The number of hydrogen-bond acceptors (Lipinski definition) is 6. The van der Waals surface area contributed by atoms with Gasteiger partial charge in [0, 0.05) is 56.7 Å². The molecule has 28 heavy (non-hydrogen) atoms. The molecule has 0 atom stereocenters. The quantitative estimate of drug-likeness (QED) is 0.860. The lowest BCUT2D eigenvalue weighted by molar-refractivity contribution is 0.102. The normalized spacial score (nSPS) is 17.8. The summed E-state index contributed by atoms with van der Waals surface area (Å²) < 4.78 is 0. The van der Waals surface area contributed by atoms with Crippen molar-refractivity contribution in [1.29, 1.82) is 0 Å². The molecule has 7 nitrogen and oxygen atoms in total. The lowest BCUT2D eigenvalue weighted by Crippen LogP contribution is -2.46. The molecular formula is C21H28N6O. The smallest absolute Gasteiger partial charge is 0.274 e. The maximum atomic E-state index is 12.7. The number of rotatable bonds is 5. The van der Waals surface area contributed by atoms with Crippen LogP contribution in [0.25, 0.3) is 0 Å². The molecule has 0 radical (unpaired) electrons. The number of nitrogens with one attached hydrogen (secondary N) is 1. The topological polar surface area (TPSA) is 64.6 Å². The molecule has 1 N–H and O–H groups in total. The van der Waals surface area contributed by atoms with Crippen molar-refractivity contribution in [3.8, 4) is 0 Å². The third-order valence-electron chi connectivity index (χ3n) is 5.63. The fourth-order valence-corrected chi connectivity index (χ4v) is 3.86. The number of hydrogen-bond donors (Lipinski definition) is 1. The van der Waals surface area contributed by atoms with Crippen LogP contribution in [0.4, 0.5) is 17.2 Å². The Kier molecular flexibility index (Phi) is 5.71. The molecule has 0 aliphatic carbocycles. The zero-order chi connectivity index (χ0) is 19.3. The summed E-state index contributed by atoms with van der Waals surface area (Å²) in [5.74, 6) is 0.616. The van der Waals surface area contributed by atoms with Crippen LogP contribution >= 0.6 is 0 Å². The standard InChI is InChI=1S/C21H28N6O/c1-2-25-11-13-27(14-12-25)20-15-19(22-16-23-20)21(28)24-17-5-7-18(8-6-17)26-9-3-4-10-26/h5-8,15-16H,2-4,9-14H2,1H3,(H,24,28). The summed E-state index contributed by atoms with van der Waals surface area (Å²) in [6, 6.07) is 9.84. The summed E-state index contributed by atoms with van der Waals surface area (Å²) in [5.41, 5.74) is 2.39. The first-order valence-electron chi connectivity index (χ1n) is 10.2. The van der Waals surface area contributed by atoms with Crippen molar-refractivity contribution in [1.82, 2.24) is 14.9 Å². The average molecular weight is 380 g/mol. The molecule has 1 amide bonds. The number of likely N-dealkylation sites (N-methyl/N-ethyl adjacent to an activating group) is 1. The number of carbonyl (C=O) groups is 1. The molecule has 0 unspecified atom stereocenters. The summed E-state index contributed by atoms with van der Waals surface area (Å²) in [4.78, 5) is 28.2. The van der Waals surface area contributed by atoms with Crippen molar-refractivity contribution in [2.45, 2.75) is 19.8 Å². The van der Waals surface area contributed by atoms with Gasteiger partial charge in [0.15, 0.2) is 0 Å². The highest BCUT2D eigenvalue weighted by atomic mass is 16.1. The number of carbonyl (C=O) groups excluding carboxylic acids is 1. The first kappa shape index (κ1) is 18.7. The van der Waals surface area contributed by atoms with Crippen LogP contribution in [0, 0.1) is 0 Å².